The molecule has 0 unspecified atom stereocenters. The molecule has 0 bridgehead atoms. The number of aliphatic carboxylic acids is 1. The van der Waals surface area contributed by atoms with Crippen molar-refractivity contribution in [3.8, 4) is 0 Å². The summed E-state index contributed by atoms with van der Waals surface area (Å²) in [6, 6.07) is 5.77. The number of nitrogens with zero attached hydrogens (tertiary/aromatic N) is 1. The second-order valence-corrected chi connectivity index (χ2v) is 6.82. The van der Waals surface area contributed by atoms with E-state index < -0.39 is 23.6 Å². The SMILES string of the molecule is CC(C)(C)OC(=O)N1CC[C@H](C(=O)O)[C@H](c2ccc(F)cc2)C1. The Morgan fingerprint density at radius 2 is 1.87 bits per heavy atom. The molecule has 1 aromatic rings. The van der Waals surface area contributed by atoms with Crippen LogP contribution < -0.4 is 0 Å². The number of hydrogen-bond donors (Lipinski definition) is 1. The zero-order valence-electron chi connectivity index (χ0n) is 13.6. The molecule has 0 radical (unpaired) electrons. The van der Waals surface area contributed by atoms with Crippen LogP contribution in [0.1, 0.15) is 38.7 Å². The number of rotatable bonds is 2. The first-order chi connectivity index (χ1) is 10.7. The van der Waals surface area contributed by atoms with Gasteiger partial charge in [-0.1, -0.05) is 12.1 Å². The molecule has 0 aromatic heterocycles. The van der Waals surface area contributed by atoms with Crippen LogP contribution in [0.4, 0.5) is 9.18 Å². The van der Waals surface area contributed by atoms with E-state index in [-0.39, 0.29) is 18.3 Å². The summed E-state index contributed by atoms with van der Waals surface area (Å²) in [6.07, 6.45) is -0.107. The average molecular weight is 323 g/mol. The fourth-order valence-corrected chi connectivity index (χ4v) is 2.79. The summed E-state index contributed by atoms with van der Waals surface area (Å²) in [5.74, 6) is -2.25. The molecule has 6 heteroatoms. The standard InChI is InChI=1S/C17H22FNO4/c1-17(2,3)23-16(22)19-9-8-13(15(20)21)14(10-19)11-4-6-12(18)7-5-11/h4-7,13-14H,8-10H2,1-3H3,(H,20,21)/t13-,14-/m0/s1. The average Bonchev–Trinajstić information content (AvgIpc) is 2.45. The van der Waals surface area contributed by atoms with Crippen molar-refractivity contribution < 1.29 is 23.8 Å². The highest BCUT2D eigenvalue weighted by Gasteiger charge is 2.37. The van der Waals surface area contributed by atoms with E-state index in [0.29, 0.717) is 18.5 Å². The van der Waals surface area contributed by atoms with Crippen molar-refractivity contribution >= 4 is 12.1 Å². The third-order valence-corrected chi connectivity index (χ3v) is 3.88. The molecule has 1 N–H and O–H groups in total. The molecule has 1 saturated heterocycles. The molecule has 1 aromatic carbocycles. The summed E-state index contributed by atoms with van der Waals surface area (Å²) in [6.45, 7) is 5.94. The van der Waals surface area contributed by atoms with E-state index in [1.54, 1.807) is 32.9 Å². The second kappa shape index (κ2) is 6.56. The zero-order chi connectivity index (χ0) is 17.2. The number of ether oxygens (including phenoxy) is 1. The summed E-state index contributed by atoms with van der Waals surface area (Å²) < 4.78 is 18.5. The van der Waals surface area contributed by atoms with Crippen LogP contribution in [-0.2, 0) is 9.53 Å². The van der Waals surface area contributed by atoms with E-state index in [0.717, 1.165) is 0 Å². The maximum atomic E-state index is 13.1. The van der Waals surface area contributed by atoms with Gasteiger partial charge in [-0.2, -0.15) is 0 Å². The van der Waals surface area contributed by atoms with Gasteiger partial charge < -0.3 is 14.7 Å². The number of carboxylic acid groups (broad SMARTS) is 1. The molecule has 1 heterocycles. The Labute approximate surface area is 135 Å². The Kier molecular flexibility index (Phi) is 4.92. The summed E-state index contributed by atoms with van der Waals surface area (Å²) in [5, 5.41) is 9.43. The molecular weight excluding hydrogens is 301 g/mol. The lowest BCUT2D eigenvalue weighted by Crippen LogP contribution is -2.46. The molecule has 23 heavy (non-hydrogen) atoms. The van der Waals surface area contributed by atoms with Gasteiger partial charge in [0.1, 0.15) is 11.4 Å². The van der Waals surface area contributed by atoms with E-state index in [9.17, 15) is 19.1 Å². The number of benzene rings is 1. The molecule has 0 aliphatic carbocycles. The number of piperidine rings is 1. The van der Waals surface area contributed by atoms with Crippen LogP contribution in [0.3, 0.4) is 0 Å². The van der Waals surface area contributed by atoms with E-state index in [4.69, 9.17) is 4.74 Å². The van der Waals surface area contributed by atoms with Crippen LogP contribution >= 0.6 is 0 Å². The molecule has 1 aliphatic heterocycles. The number of halogens is 1. The fraction of sp³-hybridized carbons (Fsp3) is 0.529. The summed E-state index contributed by atoms with van der Waals surface area (Å²) in [4.78, 5) is 25.2. The van der Waals surface area contributed by atoms with Crippen molar-refractivity contribution in [2.45, 2.75) is 38.7 Å². The van der Waals surface area contributed by atoms with Gasteiger partial charge in [-0.25, -0.2) is 9.18 Å². The summed E-state index contributed by atoms with van der Waals surface area (Å²) in [7, 11) is 0. The molecule has 5 nitrogen and oxygen atoms in total. The molecule has 2 atom stereocenters. The van der Waals surface area contributed by atoms with Gasteiger partial charge in [0.25, 0.3) is 0 Å². The first-order valence-electron chi connectivity index (χ1n) is 7.63. The van der Waals surface area contributed by atoms with Crippen LogP contribution in [0.15, 0.2) is 24.3 Å². The molecule has 0 saturated carbocycles. The Hall–Kier alpha value is -2.11. The highest BCUT2D eigenvalue weighted by atomic mass is 19.1. The quantitative estimate of drug-likeness (QED) is 0.907. The second-order valence-electron chi connectivity index (χ2n) is 6.82. The van der Waals surface area contributed by atoms with Gasteiger partial charge in [0, 0.05) is 19.0 Å². The third kappa shape index (κ3) is 4.43. The van der Waals surface area contributed by atoms with Crippen LogP contribution in [0, 0.1) is 11.7 Å². The summed E-state index contributed by atoms with van der Waals surface area (Å²) in [5.41, 5.74) is 0.110. The number of carboxylic acids is 1. The predicted molar refractivity (Wildman–Crippen MR) is 82.7 cm³/mol. The molecule has 1 amide bonds. The maximum absolute atomic E-state index is 13.1. The monoisotopic (exact) mass is 323 g/mol. The molecule has 0 spiro atoms. The molecule has 1 fully saturated rings. The van der Waals surface area contributed by atoms with Gasteiger partial charge in [-0.15, -0.1) is 0 Å². The Morgan fingerprint density at radius 1 is 1.26 bits per heavy atom. The Morgan fingerprint density at radius 3 is 2.39 bits per heavy atom. The van der Waals surface area contributed by atoms with Gasteiger partial charge in [0.05, 0.1) is 5.92 Å². The van der Waals surface area contributed by atoms with E-state index in [2.05, 4.69) is 0 Å². The van der Waals surface area contributed by atoms with Gasteiger partial charge >= 0.3 is 12.1 Å². The highest BCUT2D eigenvalue weighted by molar-refractivity contribution is 5.73. The molecule has 1 aliphatic rings. The third-order valence-electron chi connectivity index (χ3n) is 3.88. The number of likely N-dealkylation sites (tertiary alicyclic amines) is 1. The number of amides is 1. The topological polar surface area (TPSA) is 66.8 Å². The fourth-order valence-electron chi connectivity index (χ4n) is 2.79. The van der Waals surface area contributed by atoms with Gasteiger partial charge in [-0.3, -0.25) is 4.79 Å². The summed E-state index contributed by atoms with van der Waals surface area (Å²) >= 11 is 0. The molecule has 126 valence electrons. The van der Waals surface area contributed by atoms with E-state index in [1.165, 1.54) is 17.0 Å². The van der Waals surface area contributed by atoms with Crippen molar-refractivity contribution in [2.75, 3.05) is 13.1 Å². The first kappa shape index (κ1) is 17.2. The van der Waals surface area contributed by atoms with Crippen molar-refractivity contribution in [2.24, 2.45) is 5.92 Å². The first-order valence-corrected chi connectivity index (χ1v) is 7.63. The molecule has 2 rings (SSSR count). The minimum Gasteiger partial charge on any atom is -0.481 e. The maximum Gasteiger partial charge on any atom is 0.410 e. The minimum absolute atomic E-state index is 0.248. The lowest BCUT2D eigenvalue weighted by Gasteiger charge is -2.37. The highest BCUT2D eigenvalue weighted by Crippen LogP contribution is 2.33. The van der Waals surface area contributed by atoms with Crippen LogP contribution in [0.25, 0.3) is 0 Å². The van der Waals surface area contributed by atoms with E-state index in [1.807, 2.05) is 0 Å². The molecular formula is C17H22FNO4. The van der Waals surface area contributed by atoms with Gasteiger partial charge in [0.15, 0.2) is 0 Å². The zero-order valence-corrected chi connectivity index (χ0v) is 13.6. The predicted octanol–water partition coefficient (Wildman–Crippen LogP) is 3.25. The van der Waals surface area contributed by atoms with Crippen molar-refractivity contribution in [3.05, 3.63) is 35.6 Å². The lowest BCUT2D eigenvalue weighted by molar-refractivity contribution is -0.144. The van der Waals surface area contributed by atoms with E-state index >= 15 is 0 Å². The van der Waals surface area contributed by atoms with Crippen molar-refractivity contribution in [1.29, 1.82) is 0 Å². The van der Waals surface area contributed by atoms with Crippen LogP contribution in [-0.4, -0.2) is 40.8 Å². The Bertz CT molecular complexity index is 579. The number of carbonyl (C=O) groups is 2. The smallest absolute Gasteiger partial charge is 0.410 e. The van der Waals surface area contributed by atoms with Crippen LogP contribution in [0.5, 0.6) is 0 Å². The minimum atomic E-state index is -0.900. The van der Waals surface area contributed by atoms with Crippen molar-refractivity contribution in [1.82, 2.24) is 4.90 Å². The normalized spacial score (nSPS) is 21.8. The van der Waals surface area contributed by atoms with Crippen LogP contribution in [0.2, 0.25) is 0 Å². The Balaban J connectivity index is 2.19. The number of carbonyl (C=O) groups excluding carboxylic acids is 1. The van der Waals surface area contributed by atoms with Crippen molar-refractivity contribution in [3.63, 3.8) is 0 Å². The van der Waals surface area contributed by atoms with Gasteiger partial charge in [-0.05, 0) is 44.9 Å². The lowest BCUT2D eigenvalue weighted by atomic mass is 9.81. The largest absolute Gasteiger partial charge is 0.481 e. The number of hydrogen-bond acceptors (Lipinski definition) is 3. The van der Waals surface area contributed by atoms with Gasteiger partial charge in [0.2, 0.25) is 0 Å².